The molecule has 0 saturated carbocycles. The Hall–Kier alpha value is -0.990. The van der Waals surface area contributed by atoms with Crippen LogP contribution in [-0.4, -0.2) is 54.3 Å². The third-order valence-electron chi connectivity index (χ3n) is 7.19. The molecule has 6 unspecified atom stereocenters. The topological polar surface area (TPSA) is 110 Å². The molecule has 1 aromatic carbocycles. The van der Waals surface area contributed by atoms with Gasteiger partial charge in [0.15, 0.2) is 0 Å². The number of hydrogen-bond acceptors (Lipinski definition) is 6. The van der Waals surface area contributed by atoms with Crippen molar-refractivity contribution in [1.29, 1.82) is 0 Å². The van der Waals surface area contributed by atoms with Gasteiger partial charge in [0.1, 0.15) is 12.5 Å². The minimum atomic E-state index is -1.04. The number of benzene rings is 1. The number of amides is 3. The summed E-state index contributed by atoms with van der Waals surface area (Å²) in [5.41, 5.74) is 0.912. The van der Waals surface area contributed by atoms with Gasteiger partial charge in [0.05, 0.1) is 17.3 Å². The maximum Gasteiger partial charge on any atom is 0.251 e. The van der Waals surface area contributed by atoms with Gasteiger partial charge in [-0.3, -0.25) is 14.4 Å². The van der Waals surface area contributed by atoms with Crippen molar-refractivity contribution in [3.63, 3.8) is 0 Å². The number of hydrogen-bond donors (Lipinski definition) is 3. The van der Waals surface area contributed by atoms with Gasteiger partial charge in [-0.05, 0) is 31.0 Å². The highest BCUT2D eigenvalue weighted by Crippen LogP contribution is 2.54. The Morgan fingerprint density at radius 2 is 1.94 bits per heavy atom. The van der Waals surface area contributed by atoms with Crippen LogP contribution in [0.5, 0.6) is 0 Å². The van der Waals surface area contributed by atoms with Crippen LogP contribution in [0.4, 0.5) is 11.4 Å². The van der Waals surface area contributed by atoms with Crippen molar-refractivity contribution >= 4 is 74.3 Å². The molecule has 4 rings (SSSR count). The fourth-order valence-corrected chi connectivity index (χ4v) is 8.65. The number of nitrogens with one attached hydrogen (secondary N) is 1. The van der Waals surface area contributed by atoms with Crippen LogP contribution in [0.25, 0.3) is 0 Å². The number of halogens is 2. The average Bonchev–Trinajstić information content (AvgIpc) is 3.21. The van der Waals surface area contributed by atoms with Gasteiger partial charge in [0, 0.05) is 38.2 Å². The second-order valence-corrected chi connectivity index (χ2v) is 13.7. The summed E-state index contributed by atoms with van der Waals surface area (Å²) >= 11 is 4.67. The first-order valence-corrected chi connectivity index (χ1v) is 12.9. The van der Waals surface area contributed by atoms with E-state index in [4.69, 9.17) is 0 Å². The second-order valence-electron chi connectivity index (χ2n) is 9.09. The van der Waals surface area contributed by atoms with Crippen molar-refractivity contribution in [2.24, 2.45) is 11.8 Å². The van der Waals surface area contributed by atoms with E-state index in [1.54, 1.807) is 12.1 Å². The zero-order valence-corrected chi connectivity index (χ0v) is 22.5. The van der Waals surface area contributed by atoms with E-state index in [0.29, 0.717) is 36.2 Å². The smallest absolute Gasteiger partial charge is 0.251 e. The van der Waals surface area contributed by atoms with Gasteiger partial charge in [-0.15, -0.1) is 0 Å². The van der Waals surface area contributed by atoms with Gasteiger partial charge in [0.2, 0.25) is 11.8 Å². The molecular formula is C22H27I2N3O5. The molecule has 0 aliphatic carbocycles. The van der Waals surface area contributed by atoms with Crippen LogP contribution >= 0.6 is 45.2 Å². The number of carbonyl (C=O) groups excluding carboxylic acids is 3. The molecule has 0 radical (unpaired) electrons. The molecule has 8 nitrogen and oxygen atoms in total. The van der Waals surface area contributed by atoms with Crippen molar-refractivity contribution in [2.75, 3.05) is 16.8 Å². The van der Waals surface area contributed by atoms with E-state index in [0.717, 1.165) is 0 Å². The molecule has 3 heterocycles. The second kappa shape index (κ2) is 8.35. The molecule has 174 valence electrons. The molecular weight excluding hydrogens is 640 g/mol. The third-order valence-corrected chi connectivity index (χ3v) is 10.3. The molecule has 2 fully saturated rings. The van der Waals surface area contributed by atoms with E-state index in [1.807, 2.05) is 13.8 Å². The van der Waals surface area contributed by atoms with Gasteiger partial charge < -0.3 is 20.4 Å². The molecule has 3 aliphatic rings. The van der Waals surface area contributed by atoms with E-state index in [1.165, 1.54) is 22.9 Å². The van der Waals surface area contributed by atoms with Crippen LogP contribution < -0.4 is 15.1 Å². The number of aliphatic hydroxyl groups is 2. The summed E-state index contributed by atoms with van der Waals surface area (Å²) in [7, 11) is 1.51. The van der Waals surface area contributed by atoms with Crippen LogP contribution in [0.2, 0.25) is 0 Å². The minimum absolute atomic E-state index is 0.120. The number of rotatable bonds is 2. The minimum Gasteiger partial charge on any atom is -0.374 e. The first-order valence-electron chi connectivity index (χ1n) is 10.7. The lowest BCUT2D eigenvalue weighted by Crippen LogP contribution is -2.46. The third kappa shape index (κ3) is 3.65. The van der Waals surface area contributed by atoms with Crippen LogP contribution in [0.15, 0.2) is 18.2 Å². The van der Waals surface area contributed by atoms with Crippen LogP contribution in [-0.2, 0) is 9.59 Å². The first-order chi connectivity index (χ1) is 14.9. The van der Waals surface area contributed by atoms with Crippen molar-refractivity contribution in [1.82, 2.24) is 5.32 Å². The molecule has 1 aromatic rings. The number of fused-ring (bicyclic) bond motifs is 7. The Bertz CT molecular complexity index is 986. The first kappa shape index (κ1) is 24.1. The normalized spacial score (nSPS) is 36.7. The summed E-state index contributed by atoms with van der Waals surface area (Å²) in [4.78, 5) is 41.7. The molecule has 0 aromatic heterocycles. The molecule has 3 N–H and O–H groups in total. The lowest BCUT2D eigenvalue weighted by molar-refractivity contribution is -0.122. The van der Waals surface area contributed by atoms with E-state index in [-0.39, 0.29) is 30.1 Å². The molecule has 3 amide bonds. The molecule has 32 heavy (non-hydrogen) atoms. The zero-order chi connectivity index (χ0) is 23.6. The van der Waals surface area contributed by atoms with E-state index < -0.39 is 25.2 Å². The Kier molecular flexibility index (Phi) is 6.30. The maximum atomic E-state index is 13.6. The van der Waals surface area contributed by atoms with E-state index >= 15 is 0 Å². The lowest BCUT2D eigenvalue weighted by atomic mass is 9.77. The Morgan fingerprint density at radius 1 is 1.25 bits per heavy atom. The van der Waals surface area contributed by atoms with Crippen molar-refractivity contribution < 1.29 is 24.6 Å². The molecule has 6 atom stereocenters. The maximum absolute atomic E-state index is 13.6. The molecule has 2 saturated heterocycles. The number of imide groups is 1. The molecule has 10 heteroatoms. The van der Waals surface area contributed by atoms with Crippen molar-refractivity contribution in [2.45, 2.75) is 58.8 Å². The summed E-state index contributed by atoms with van der Waals surface area (Å²) in [5, 5.41) is 24.9. The summed E-state index contributed by atoms with van der Waals surface area (Å²) in [6, 6.07) is 4.65. The predicted molar refractivity (Wildman–Crippen MR) is 137 cm³/mol. The summed E-state index contributed by atoms with van der Waals surface area (Å²) in [6.07, 6.45) is -0.289. The standard InChI is InChI=1S/C22H27I2N3O5/c1-4-22(24)10-21(2,23)12-8-16(28)27(19(12)31)15-7-11(18(30)25-3)5-6-14(15)26-17(29)9-13(22)20(26)32/h5-7,12-13,16,19,28,31H,4,8-10H2,1-3H3,(H,25,30). The lowest BCUT2D eigenvalue weighted by Gasteiger charge is -2.41. The SMILES string of the molecule is CCC1(I)CC(C)(I)C2CC(O)N(c3cc(C(=O)NC)ccc3N3C(=O)CC1C3=O)C2O. The van der Waals surface area contributed by atoms with Crippen LogP contribution in [0.1, 0.15) is 49.9 Å². The summed E-state index contributed by atoms with van der Waals surface area (Å²) in [6.45, 7) is 4.06. The Morgan fingerprint density at radius 3 is 2.56 bits per heavy atom. The van der Waals surface area contributed by atoms with Gasteiger partial charge in [0.25, 0.3) is 5.91 Å². The van der Waals surface area contributed by atoms with Gasteiger partial charge >= 0.3 is 0 Å². The molecule has 4 bridgehead atoms. The predicted octanol–water partition coefficient (Wildman–Crippen LogP) is 2.57. The van der Waals surface area contributed by atoms with Gasteiger partial charge in [-0.2, -0.15) is 0 Å². The fraction of sp³-hybridized carbons (Fsp3) is 0.591. The summed E-state index contributed by atoms with van der Waals surface area (Å²) in [5.74, 6) is -1.66. The highest BCUT2D eigenvalue weighted by Gasteiger charge is 2.57. The van der Waals surface area contributed by atoms with Crippen molar-refractivity contribution in [3.8, 4) is 0 Å². The number of alkyl halides is 2. The van der Waals surface area contributed by atoms with Crippen LogP contribution in [0.3, 0.4) is 0 Å². The van der Waals surface area contributed by atoms with Crippen LogP contribution in [0, 0.1) is 11.8 Å². The zero-order valence-electron chi connectivity index (χ0n) is 18.1. The van der Waals surface area contributed by atoms with E-state index in [9.17, 15) is 24.6 Å². The number of aliphatic hydroxyl groups excluding tert-OH is 2. The Labute approximate surface area is 214 Å². The monoisotopic (exact) mass is 667 g/mol. The van der Waals surface area contributed by atoms with Gasteiger partial charge in [-0.25, -0.2) is 4.90 Å². The largest absolute Gasteiger partial charge is 0.374 e. The highest BCUT2D eigenvalue weighted by atomic mass is 127. The fourth-order valence-electron chi connectivity index (χ4n) is 5.39. The van der Waals surface area contributed by atoms with Gasteiger partial charge in [-0.1, -0.05) is 59.0 Å². The number of carbonyl (C=O) groups is 3. The molecule has 3 aliphatic heterocycles. The number of nitrogens with zero attached hydrogens (tertiary/aromatic N) is 2. The Balaban J connectivity index is 1.98. The average molecular weight is 667 g/mol. The quantitative estimate of drug-likeness (QED) is 0.254. The van der Waals surface area contributed by atoms with Crippen molar-refractivity contribution in [3.05, 3.63) is 23.8 Å². The number of anilines is 2. The summed E-state index contributed by atoms with van der Waals surface area (Å²) < 4.78 is -0.913. The van der Waals surface area contributed by atoms with E-state index in [2.05, 4.69) is 50.5 Å². The molecule has 0 spiro atoms. The highest BCUT2D eigenvalue weighted by molar-refractivity contribution is 14.1.